The number of hydrogen-bond donors (Lipinski definition) is 1. The Morgan fingerprint density at radius 1 is 1.15 bits per heavy atom. The number of likely N-dealkylation sites (tertiary alicyclic amines) is 1. The van der Waals surface area contributed by atoms with E-state index in [-0.39, 0.29) is 25.9 Å². The summed E-state index contributed by atoms with van der Waals surface area (Å²) in [6, 6.07) is 5.16. The van der Waals surface area contributed by atoms with Crippen LogP contribution in [0.1, 0.15) is 18.4 Å². The van der Waals surface area contributed by atoms with Gasteiger partial charge in [0.25, 0.3) is 0 Å². The number of halogens is 5. The summed E-state index contributed by atoms with van der Waals surface area (Å²) in [7, 11) is 0. The second-order valence-electron chi connectivity index (χ2n) is 5.05. The first-order valence-corrected chi connectivity index (χ1v) is 6.92. The van der Waals surface area contributed by atoms with Crippen molar-refractivity contribution in [1.29, 1.82) is 0 Å². The first-order valence-electron chi connectivity index (χ1n) is 6.17. The molecule has 0 spiro atoms. The second-order valence-corrected chi connectivity index (χ2v) is 5.87. The maximum atomic E-state index is 12.7. The number of rotatable bonds is 2. The van der Waals surface area contributed by atoms with Gasteiger partial charge < -0.3 is 5.11 Å². The maximum absolute atomic E-state index is 12.7. The molecule has 0 saturated carbocycles. The summed E-state index contributed by atoms with van der Waals surface area (Å²) in [5, 5.41) is 10.5. The zero-order valence-electron chi connectivity index (χ0n) is 10.6. The van der Waals surface area contributed by atoms with Crippen LogP contribution in [0.2, 0.25) is 10.0 Å². The van der Waals surface area contributed by atoms with Gasteiger partial charge in [0.15, 0.2) is 5.60 Å². The Hall–Kier alpha value is -0.490. The van der Waals surface area contributed by atoms with E-state index in [0.29, 0.717) is 16.6 Å². The fraction of sp³-hybridized carbons (Fsp3) is 0.538. The fourth-order valence-electron chi connectivity index (χ4n) is 2.26. The van der Waals surface area contributed by atoms with Gasteiger partial charge in [0.05, 0.1) is 10.0 Å². The molecule has 0 amide bonds. The van der Waals surface area contributed by atoms with E-state index in [1.54, 1.807) is 18.2 Å². The van der Waals surface area contributed by atoms with Crippen LogP contribution in [0.3, 0.4) is 0 Å². The molecule has 0 aromatic heterocycles. The van der Waals surface area contributed by atoms with Gasteiger partial charge in [-0.1, -0.05) is 29.3 Å². The van der Waals surface area contributed by atoms with Crippen LogP contribution in [0.25, 0.3) is 0 Å². The molecule has 20 heavy (non-hydrogen) atoms. The van der Waals surface area contributed by atoms with E-state index in [2.05, 4.69) is 0 Å². The molecule has 1 aliphatic rings. The smallest absolute Gasteiger partial charge is 0.380 e. The van der Waals surface area contributed by atoms with Crippen LogP contribution >= 0.6 is 23.2 Å². The summed E-state index contributed by atoms with van der Waals surface area (Å²) in [5.74, 6) is 0. The maximum Gasteiger partial charge on any atom is 0.417 e. The molecule has 1 N–H and O–H groups in total. The number of alkyl halides is 3. The van der Waals surface area contributed by atoms with Crippen molar-refractivity contribution in [1.82, 2.24) is 4.90 Å². The van der Waals surface area contributed by atoms with Gasteiger partial charge in [-0.3, -0.25) is 4.90 Å². The summed E-state index contributed by atoms with van der Waals surface area (Å²) in [5.41, 5.74) is -1.67. The normalized spacial score (nSPS) is 20.1. The van der Waals surface area contributed by atoms with Gasteiger partial charge >= 0.3 is 6.18 Å². The van der Waals surface area contributed by atoms with E-state index in [1.807, 2.05) is 4.90 Å². The van der Waals surface area contributed by atoms with Gasteiger partial charge in [0.2, 0.25) is 0 Å². The summed E-state index contributed by atoms with van der Waals surface area (Å²) in [6.45, 7) is 0.872. The molecule has 0 aliphatic carbocycles. The monoisotopic (exact) mass is 327 g/mol. The number of piperidine rings is 1. The molecular formula is C13H14Cl2F3NO. The van der Waals surface area contributed by atoms with E-state index in [9.17, 15) is 18.3 Å². The molecule has 1 aromatic carbocycles. The second kappa shape index (κ2) is 5.72. The molecule has 0 atom stereocenters. The van der Waals surface area contributed by atoms with Gasteiger partial charge in [-0.15, -0.1) is 0 Å². The lowest BCUT2D eigenvalue weighted by atomic mass is 9.90. The Kier molecular flexibility index (Phi) is 4.54. The quantitative estimate of drug-likeness (QED) is 0.891. The summed E-state index contributed by atoms with van der Waals surface area (Å²) in [6.07, 6.45) is -5.18. The molecule has 1 fully saturated rings. The Morgan fingerprint density at radius 3 is 2.25 bits per heavy atom. The van der Waals surface area contributed by atoms with Crippen molar-refractivity contribution in [3.63, 3.8) is 0 Å². The lowest BCUT2D eigenvalue weighted by molar-refractivity contribution is -0.272. The average Bonchev–Trinajstić information content (AvgIpc) is 2.35. The molecule has 7 heteroatoms. The minimum atomic E-state index is -4.57. The Morgan fingerprint density at radius 2 is 1.75 bits per heavy atom. The largest absolute Gasteiger partial charge is 0.417 e. The van der Waals surface area contributed by atoms with Crippen molar-refractivity contribution in [3.8, 4) is 0 Å². The summed E-state index contributed by atoms with van der Waals surface area (Å²) < 4.78 is 38.0. The highest BCUT2D eigenvalue weighted by Gasteiger charge is 2.54. The third-order valence-electron chi connectivity index (χ3n) is 3.60. The molecule has 1 heterocycles. The minimum absolute atomic E-state index is 0.191. The van der Waals surface area contributed by atoms with Gasteiger partial charge in [0.1, 0.15) is 0 Å². The zero-order chi connectivity index (χ0) is 15.0. The summed E-state index contributed by atoms with van der Waals surface area (Å²) in [4.78, 5) is 1.86. The van der Waals surface area contributed by atoms with Crippen LogP contribution in [0.4, 0.5) is 13.2 Å². The molecule has 2 nitrogen and oxygen atoms in total. The topological polar surface area (TPSA) is 23.5 Å². The third-order valence-corrected chi connectivity index (χ3v) is 4.34. The number of benzene rings is 1. The first kappa shape index (κ1) is 15.9. The van der Waals surface area contributed by atoms with E-state index < -0.39 is 11.8 Å². The van der Waals surface area contributed by atoms with Gasteiger partial charge in [-0.2, -0.15) is 13.2 Å². The SMILES string of the molecule is OC1(C(F)(F)F)CCN(Cc2ccc(Cl)c(Cl)c2)CC1. The fourth-order valence-corrected chi connectivity index (χ4v) is 2.58. The van der Waals surface area contributed by atoms with Crippen molar-refractivity contribution in [2.75, 3.05) is 13.1 Å². The molecule has 0 bridgehead atoms. The highest BCUT2D eigenvalue weighted by Crippen LogP contribution is 2.38. The zero-order valence-corrected chi connectivity index (χ0v) is 12.1. The van der Waals surface area contributed by atoms with Crippen LogP contribution in [0.15, 0.2) is 18.2 Å². The van der Waals surface area contributed by atoms with Crippen molar-refractivity contribution >= 4 is 23.2 Å². The predicted octanol–water partition coefficient (Wildman–Crippen LogP) is 3.88. The lowest BCUT2D eigenvalue weighted by Crippen LogP contribution is -2.53. The van der Waals surface area contributed by atoms with Gasteiger partial charge in [-0.05, 0) is 30.5 Å². The minimum Gasteiger partial charge on any atom is -0.380 e. The van der Waals surface area contributed by atoms with Gasteiger partial charge in [0, 0.05) is 19.6 Å². The van der Waals surface area contributed by atoms with Crippen LogP contribution in [-0.4, -0.2) is 34.9 Å². The van der Waals surface area contributed by atoms with E-state index in [4.69, 9.17) is 23.2 Å². The Bertz CT molecular complexity index is 485. The highest BCUT2D eigenvalue weighted by atomic mass is 35.5. The average molecular weight is 328 g/mol. The lowest BCUT2D eigenvalue weighted by Gasteiger charge is -2.39. The van der Waals surface area contributed by atoms with E-state index in [1.165, 1.54) is 0 Å². The molecule has 2 rings (SSSR count). The number of aliphatic hydroxyl groups is 1. The molecule has 112 valence electrons. The first-order chi connectivity index (χ1) is 9.21. The standard InChI is InChI=1S/C13H14Cl2F3NO/c14-10-2-1-9(7-11(10)15)8-19-5-3-12(20,4-6-19)13(16,17)18/h1-2,7,20H,3-6,8H2. The van der Waals surface area contributed by atoms with E-state index >= 15 is 0 Å². The van der Waals surface area contributed by atoms with E-state index in [0.717, 1.165) is 5.56 Å². The van der Waals surface area contributed by atoms with Gasteiger partial charge in [-0.25, -0.2) is 0 Å². The molecule has 0 unspecified atom stereocenters. The highest BCUT2D eigenvalue weighted by molar-refractivity contribution is 6.42. The van der Waals surface area contributed by atoms with Crippen molar-refractivity contribution in [3.05, 3.63) is 33.8 Å². The van der Waals surface area contributed by atoms with Crippen LogP contribution in [0.5, 0.6) is 0 Å². The third kappa shape index (κ3) is 3.39. The van der Waals surface area contributed by atoms with Crippen LogP contribution in [0, 0.1) is 0 Å². The van der Waals surface area contributed by atoms with Crippen LogP contribution < -0.4 is 0 Å². The summed E-state index contributed by atoms with van der Waals surface area (Å²) >= 11 is 11.7. The number of hydrogen-bond acceptors (Lipinski definition) is 2. The van der Waals surface area contributed by atoms with Crippen LogP contribution in [-0.2, 0) is 6.54 Å². The molecule has 0 radical (unpaired) electrons. The Balaban J connectivity index is 1.96. The number of nitrogens with zero attached hydrogens (tertiary/aromatic N) is 1. The Labute approximate surface area is 125 Å². The molecule has 1 aromatic rings. The van der Waals surface area contributed by atoms with Crippen molar-refractivity contribution in [2.45, 2.75) is 31.2 Å². The van der Waals surface area contributed by atoms with Crippen molar-refractivity contribution in [2.24, 2.45) is 0 Å². The molecule has 1 saturated heterocycles. The van der Waals surface area contributed by atoms with Crippen molar-refractivity contribution < 1.29 is 18.3 Å². The molecule has 1 aliphatic heterocycles. The molecular weight excluding hydrogens is 314 g/mol. The predicted molar refractivity (Wildman–Crippen MR) is 72.0 cm³/mol.